The molecule has 0 atom stereocenters. The fourth-order valence-corrected chi connectivity index (χ4v) is 5.31. The van der Waals surface area contributed by atoms with Gasteiger partial charge in [-0.25, -0.2) is 4.79 Å². The molecule has 9 nitrogen and oxygen atoms in total. The van der Waals surface area contributed by atoms with Crippen molar-refractivity contribution in [3.63, 3.8) is 0 Å². The van der Waals surface area contributed by atoms with E-state index in [1.165, 1.54) is 24.6 Å². The summed E-state index contributed by atoms with van der Waals surface area (Å²) >= 11 is 10.8. The van der Waals surface area contributed by atoms with Gasteiger partial charge in [0.1, 0.15) is 12.4 Å². The third-order valence-electron chi connectivity index (χ3n) is 5.32. The van der Waals surface area contributed by atoms with Gasteiger partial charge in [-0.3, -0.25) is 19.6 Å². The smallest absolute Gasteiger partial charge is 0.340 e. The average molecular weight is 640 g/mol. The number of amides is 2. The molecule has 3 heterocycles. The molecule has 1 aromatic carbocycles. The van der Waals surface area contributed by atoms with Crippen LogP contribution in [0.2, 0.25) is 5.02 Å². The third-order valence-corrected chi connectivity index (χ3v) is 7.16. The normalized spacial score (nSPS) is 10.9. The SMILES string of the molecule is COC(=O)c1csc2c(-c3cc(Cl)ccc3OCCNC(=O)c3c(Br)cncc3NC(=O)C(F)F)ccnc12. The number of aromatic nitrogens is 2. The monoisotopic (exact) mass is 638 g/mol. The van der Waals surface area contributed by atoms with Crippen molar-refractivity contribution in [2.24, 2.45) is 0 Å². The third kappa shape index (κ3) is 6.32. The van der Waals surface area contributed by atoms with E-state index < -0.39 is 24.2 Å². The number of nitrogens with one attached hydrogen (secondary N) is 2. The molecule has 0 aliphatic carbocycles. The summed E-state index contributed by atoms with van der Waals surface area (Å²) in [4.78, 5) is 44.5. The molecule has 0 saturated carbocycles. The molecule has 4 aromatic rings. The van der Waals surface area contributed by atoms with E-state index in [9.17, 15) is 23.2 Å². The second-order valence-electron chi connectivity index (χ2n) is 7.76. The molecule has 0 fully saturated rings. The first kappa shape index (κ1) is 28.3. The molecular formula is C25H18BrClF2N4O5S. The van der Waals surface area contributed by atoms with Crippen LogP contribution in [0.3, 0.4) is 0 Å². The number of halogens is 4. The maximum absolute atomic E-state index is 12.8. The predicted octanol–water partition coefficient (Wildman–Crippen LogP) is 5.57. The van der Waals surface area contributed by atoms with Crippen molar-refractivity contribution in [1.29, 1.82) is 0 Å². The zero-order valence-corrected chi connectivity index (χ0v) is 23.1. The fraction of sp³-hybridized carbons (Fsp3) is 0.160. The molecule has 2 amide bonds. The number of methoxy groups -OCH3 is 1. The van der Waals surface area contributed by atoms with E-state index in [-0.39, 0.29) is 28.9 Å². The van der Waals surface area contributed by atoms with Crippen LogP contribution in [0.4, 0.5) is 14.5 Å². The molecule has 0 radical (unpaired) electrons. The van der Waals surface area contributed by atoms with Crippen LogP contribution in [0.25, 0.3) is 21.3 Å². The average Bonchev–Trinajstić information content (AvgIpc) is 3.35. The summed E-state index contributed by atoms with van der Waals surface area (Å²) in [5.74, 6) is -2.23. The van der Waals surface area contributed by atoms with Crippen molar-refractivity contribution in [2.75, 3.05) is 25.6 Å². The molecule has 14 heteroatoms. The van der Waals surface area contributed by atoms with Gasteiger partial charge in [0.05, 0.1) is 51.4 Å². The second kappa shape index (κ2) is 12.5. The van der Waals surface area contributed by atoms with Gasteiger partial charge >= 0.3 is 12.4 Å². The summed E-state index contributed by atoms with van der Waals surface area (Å²) in [5.41, 5.74) is 1.98. The maximum Gasteiger partial charge on any atom is 0.340 e. The van der Waals surface area contributed by atoms with Crippen molar-refractivity contribution < 1.29 is 32.6 Å². The molecule has 3 aromatic heterocycles. The Hall–Kier alpha value is -3.68. The largest absolute Gasteiger partial charge is 0.491 e. The summed E-state index contributed by atoms with van der Waals surface area (Å²) < 4.78 is 37.1. The Morgan fingerprint density at radius 3 is 2.72 bits per heavy atom. The number of carbonyl (C=O) groups is 3. The van der Waals surface area contributed by atoms with Gasteiger partial charge < -0.3 is 20.1 Å². The second-order valence-corrected chi connectivity index (χ2v) is 9.93. The summed E-state index contributed by atoms with van der Waals surface area (Å²) in [6.07, 6.45) is 0.709. The minimum atomic E-state index is -3.26. The molecular weight excluding hydrogens is 622 g/mol. The van der Waals surface area contributed by atoms with Crippen molar-refractivity contribution >= 4 is 72.6 Å². The number of carbonyl (C=O) groups excluding carboxylic acids is 3. The maximum atomic E-state index is 12.8. The Morgan fingerprint density at radius 1 is 1.18 bits per heavy atom. The van der Waals surface area contributed by atoms with E-state index >= 15 is 0 Å². The number of esters is 1. The number of rotatable bonds is 9. The number of hydrogen-bond acceptors (Lipinski definition) is 8. The number of pyridine rings is 2. The topological polar surface area (TPSA) is 120 Å². The van der Waals surface area contributed by atoms with Crippen molar-refractivity contribution in [1.82, 2.24) is 15.3 Å². The highest BCUT2D eigenvalue weighted by Gasteiger charge is 2.22. The van der Waals surface area contributed by atoms with Crippen molar-refractivity contribution in [2.45, 2.75) is 6.43 Å². The number of alkyl halides is 2. The van der Waals surface area contributed by atoms with Gasteiger partial charge in [0, 0.05) is 33.9 Å². The number of ether oxygens (including phenoxy) is 2. The van der Waals surface area contributed by atoms with Crippen LogP contribution in [-0.2, 0) is 9.53 Å². The first-order chi connectivity index (χ1) is 18.7. The molecule has 0 aliphatic rings. The molecule has 0 aliphatic heterocycles. The van der Waals surface area contributed by atoms with Crippen LogP contribution >= 0.6 is 38.9 Å². The van der Waals surface area contributed by atoms with Crippen LogP contribution in [0, 0.1) is 0 Å². The number of fused-ring (bicyclic) bond motifs is 1. The number of anilines is 1. The van der Waals surface area contributed by atoms with E-state index in [1.807, 2.05) is 5.32 Å². The van der Waals surface area contributed by atoms with Gasteiger partial charge in [0.25, 0.3) is 11.8 Å². The van der Waals surface area contributed by atoms with E-state index in [1.54, 1.807) is 35.8 Å². The zero-order valence-electron chi connectivity index (χ0n) is 20.0. The van der Waals surface area contributed by atoms with E-state index in [2.05, 4.69) is 31.2 Å². The van der Waals surface area contributed by atoms with Gasteiger partial charge in [-0.1, -0.05) is 11.6 Å². The number of thiophene rings is 1. The summed E-state index contributed by atoms with van der Waals surface area (Å²) in [6.45, 7) is 0.0724. The number of benzene rings is 1. The molecule has 202 valence electrons. The predicted molar refractivity (Wildman–Crippen MR) is 146 cm³/mol. The Bertz CT molecular complexity index is 1570. The fourth-order valence-electron chi connectivity index (χ4n) is 3.60. The van der Waals surface area contributed by atoms with Crippen LogP contribution in [-0.4, -0.2) is 54.4 Å². The lowest BCUT2D eigenvalue weighted by molar-refractivity contribution is -0.126. The van der Waals surface area contributed by atoms with Gasteiger partial charge in [-0.15, -0.1) is 11.3 Å². The summed E-state index contributed by atoms with van der Waals surface area (Å²) in [5, 5.41) is 6.75. The van der Waals surface area contributed by atoms with E-state index in [0.717, 1.165) is 16.5 Å². The highest BCUT2D eigenvalue weighted by molar-refractivity contribution is 9.10. The van der Waals surface area contributed by atoms with Crippen molar-refractivity contribution in [3.8, 4) is 16.9 Å². The van der Waals surface area contributed by atoms with Crippen LogP contribution in [0.15, 0.2) is 52.7 Å². The number of nitrogens with zero attached hydrogens (tertiary/aromatic N) is 2. The van der Waals surface area contributed by atoms with Gasteiger partial charge in [0.15, 0.2) is 0 Å². The Labute approximate surface area is 237 Å². The minimum Gasteiger partial charge on any atom is -0.491 e. The minimum absolute atomic E-state index is 0.0356. The quantitative estimate of drug-likeness (QED) is 0.181. The molecule has 0 saturated heterocycles. The Balaban J connectivity index is 1.50. The van der Waals surface area contributed by atoms with Crippen molar-refractivity contribution in [3.05, 3.63) is 68.9 Å². The molecule has 0 unspecified atom stereocenters. The van der Waals surface area contributed by atoms with Gasteiger partial charge in [-0.05, 0) is 40.2 Å². The van der Waals surface area contributed by atoms with Crippen LogP contribution in [0.1, 0.15) is 20.7 Å². The number of hydrogen-bond donors (Lipinski definition) is 2. The highest BCUT2D eigenvalue weighted by Crippen LogP contribution is 2.39. The lowest BCUT2D eigenvalue weighted by atomic mass is 10.0. The van der Waals surface area contributed by atoms with Crippen LogP contribution < -0.4 is 15.4 Å². The van der Waals surface area contributed by atoms with E-state index in [4.69, 9.17) is 21.1 Å². The van der Waals surface area contributed by atoms with Gasteiger partial charge in [0.2, 0.25) is 0 Å². The van der Waals surface area contributed by atoms with Gasteiger partial charge in [-0.2, -0.15) is 8.78 Å². The molecule has 39 heavy (non-hydrogen) atoms. The van der Waals surface area contributed by atoms with Crippen LogP contribution in [0.5, 0.6) is 5.75 Å². The lowest BCUT2D eigenvalue weighted by Gasteiger charge is -2.15. The highest BCUT2D eigenvalue weighted by atomic mass is 79.9. The lowest BCUT2D eigenvalue weighted by Crippen LogP contribution is -2.30. The molecule has 4 rings (SSSR count). The Kier molecular flexibility index (Phi) is 9.04. The molecule has 0 spiro atoms. The zero-order chi connectivity index (χ0) is 28.1. The summed E-state index contributed by atoms with van der Waals surface area (Å²) in [7, 11) is 1.30. The first-order valence-electron chi connectivity index (χ1n) is 11.1. The Morgan fingerprint density at radius 2 is 1.97 bits per heavy atom. The molecule has 2 N–H and O–H groups in total. The standard InChI is InChI=1S/C25H18BrClF2N4O5S/c1-37-25(36)15-11-39-21-13(4-5-31-20(15)21)14-8-12(27)2-3-18(14)38-7-6-32-23(34)19-16(26)9-30-10-17(19)33-24(35)22(28)29/h2-5,8-11,22H,6-7H2,1H3,(H,32,34)(H,33,35). The summed E-state index contributed by atoms with van der Waals surface area (Å²) in [6, 6.07) is 6.82. The first-order valence-corrected chi connectivity index (χ1v) is 13.1. The van der Waals surface area contributed by atoms with E-state index in [0.29, 0.717) is 27.4 Å². The molecule has 0 bridgehead atoms.